The van der Waals surface area contributed by atoms with Crippen molar-refractivity contribution in [1.29, 1.82) is 0 Å². The average molecular weight is 266 g/mol. The fourth-order valence-electron chi connectivity index (χ4n) is 2.81. The van der Waals surface area contributed by atoms with E-state index in [1.807, 2.05) is 6.92 Å². The number of rotatable bonds is 3. The normalized spacial score (nSPS) is 18.8. The minimum absolute atomic E-state index is 0.247. The van der Waals surface area contributed by atoms with Gasteiger partial charge in [0.1, 0.15) is 16.1 Å². The Labute approximate surface area is 114 Å². The van der Waals surface area contributed by atoms with E-state index in [4.69, 9.17) is 17.0 Å². The van der Waals surface area contributed by atoms with Gasteiger partial charge in [0.05, 0.1) is 0 Å². The number of aromatic amines is 1. The van der Waals surface area contributed by atoms with Crippen molar-refractivity contribution < 1.29 is 4.74 Å². The lowest BCUT2D eigenvalue weighted by atomic mass is 9.84. The number of hydrogen-bond donors (Lipinski definition) is 1. The van der Waals surface area contributed by atoms with Crippen LogP contribution in [0.15, 0.2) is 0 Å². The summed E-state index contributed by atoms with van der Waals surface area (Å²) in [6.45, 7) is 4.17. The molecule has 3 nitrogen and oxygen atoms in total. The van der Waals surface area contributed by atoms with E-state index in [2.05, 4.69) is 16.9 Å². The van der Waals surface area contributed by atoms with Crippen molar-refractivity contribution in [3.8, 4) is 0 Å². The summed E-state index contributed by atoms with van der Waals surface area (Å²) in [5.41, 5.74) is 2.04. The predicted molar refractivity (Wildman–Crippen MR) is 75.3 cm³/mol. The zero-order valence-corrected chi connectivity index (χ0v) is 12.3. The molecule has 1 heterocycles. The zero-order chi connectivity index (χ0) is 13.2. The molecule has 0 amide bonds. The second kappa shape index (κ2) is 5.49. The van der Waals surface area contributed by atoms with Crippen LogP contribution in [0.25, 0.3) is 0 Å². The lowest BCUT2D eigenvalue weighted by molar-refractivity contribution is -0.0517. The van der Waals surface area contributed by atoms with Gasteiger partial charge in [-0.05, 0) is 26.2 Å². The van der Waals surface area contributed by atoms with Crippen molar-refractivity contribution in [2.45, 2.75) is 58.0 Å². The van der Waals surface area contributed by atoms with Crippen LogP contribution in [-0.2, 0) is 16.8 Å². The highest BCUT2D eigenvalue weighted by molar-refractivity contribution is 7.71. The van der Waals surface area contributed by atoms with Crippen LogP contribution in [0.1, 0.15) is 56.1 Å². The van der Waals surface area contributed by atoms with Crippen LogP contribution < -0.4 is 0 Å². The van der Waals surface area contributed by atoms with Gasteiger partial charge < -0.3 is 9.72 Å². The van der Waals surface area contributed by atoms with Crippen LogP contribution in [0.2, 0.25) is 0 Å². The minimum Gasteiger partial charge on any atom is -0.370 e. The highest BCUT2D eigenvalue weighted by Gasteiger charge is 2.36. The molecule has 0 atom stereocenters. The summed E-state index contributed by atoms with van der Waals surface area (Å²) in [7, 11) is 1.79. The van der Waals surface area contributed by atoms with Crippen LogP contribution in [0, 0.1) is 11.6 Å². The Morgan fingerprint density at radius 3 is 2.56 bits per heavy atom. The first-order valence-electron chi connectivity index (χ1n) is 6.78. The molecule has 0 aromatic carbocycles. The van der Waals surface area contributed by atoms with Crippen LogP contribution in [0.5, 0.6) is 0 Å². The lowest BCUT2D eigenvalue weighted by Crippen LogP contribution is -2.33. The van der Waals surface area contributed by atoms with Gasteiger partial charge in [0.2, 0.25) is 0 Å². The van der Waals surface area contributed by atoms with E-state index in [0.717, 1.165) is 30.7 Å². The molecule has 1 N–H and O–H groups in total. The zero-order valence-electron chi connectivity index (χ0n) is 11.5. The van der Waals surface area contributed by atoms with Gasteiger partial charge in [0.25, 0.3) is 0 Å². The molecule has 100 valence electrons. The van der Waals surface area contributed by atoms with Crippen LogP contribution in [0.3, 0.4) is 0 Å². The number of ether oxygens (including phenoxy) is 1. The fraction of sp³-hybridized carbons (Fsp3) is 0.714. The van der Waals surface area contributed by atoms with E-state index in [0.29, 0.717) is 4.64 Å². The smallest absolute Gasteiger partial charge is 0.140 e. The first kappa shape index (κ1) is 13.7. The lowest BCUT2D eigenvalue weighted by Gasteiger charge is -2.35. The molecule has 0 saturated heterocycles. The third kappa shape index (κ3) is 2.36. The second-order valence-electron chi connectivity index (χ2n) is 5.11. The third-order valence-electron chi connectivity index (χ3n) is 4.09. The van der Waals surface area contributed by atoms with Gasteiger partial charge in [-0.3, -0.25) is 0 Å². The van der Waals surface area contributed by atoms with Gasteiger partial charge in [-0.15, -0.1) is 0 Å². The molecule has 1 aromatic heterocycles. The molecule has 0 unspecified atom stereocenters. The Kier molecular flexibility index (Phi) is 4.17. The van der Waals surface area contributed by atoms with Crippen molar-refractivity contribution in [3.63, 3.8) is 0 Å². The van der Waals surface area contributed by atoms with E-state index in [9.17, 15) is 0 Å². The van der Waals surface area contributed by atoms with Crippen LogP contribution in [-0.4, -0.2) is 17.1 Å². The van der Waals surface area contributed by atoms with Gasteiger partial charge >= 0.3 is 0 Å². The number of aromatic nitrogens is 2. The highest BCUT2D eigenvalue weighted by Crippen LogP contribution is 2.38. The van der Waals surface area contributed by atoms with Gasteiger partial charge in [-0.25, -0.2) is 4.98 Å². The summed E-state index contributed by atoms with van der Waals surface area (Å²) >= 11 is 5.37. The molecule has 0 spiro atoms. The van der Waals surface area contributed by atoms with E-state index in [1.165, 1.54) is 25.0 Å². The molecule has 0 radical (unpaired) electrons. The SMILES string of the molecule is CCc1[nH]c(C2(OC)CCCCC2)nc(=S)c1C. The van der Waals surface area contributed by atoms with Gasteiger partial charge in [-0.1, -0.05) is 38.4 Å². The molecular formula is C14H22N2OS. The molecule has 18 heavy (non-hydrogen) atoms. The average Bonchev–Trinajstić information content (AvgIpc) is 2.42. The largest absolute Gasteiger partial charge is 0.370 e. The molecule has 1 aliphatic carbocycles. The number of hydrogen-bond acceptors (Lipinski definition) is 3. The molecule has 4 heteroatoms. The molecule has 1 aliphatic rings. The number of aryl methyl sites for hydroxylation is 1. The van der Waals surface area contributed by atoms with Crippen LogP contribution >= 0.6 is 12.2 Å². The fourth-order valence-corrected chi connectivity index (χ4v) is 3.02. The van der Waals surface area contributed by atoms with Crippen molar-refractivity contribution in [1.82, 2.24) is 9.97 Å². The molecule has 2 rings (SSSR count). The summed E-state index contributed by atoms with van der Waals surface area (Å²) < 4.78 is 6.53. The Bertz CT molecular complexity index is 475. The Balaban J connectivity index is 2.48. The summed E-state index contributed by atoms with van der Waals surface area (Å²) in [6.07, 6.45) is 6.71. The quantitative estimate of drug-likeness (QED) is 0.845. The molecule has 1 saturated carbocycles. The second-order valence-corrected chi connectivity index (χ2v) is 5.49. The van der Waals surface area contributed by atoms with E-state index in [1.54, 1.807) is 7.11 Å². The molecule has 0 bridgehead atoms. The monoisotopic (exact) mass is 266 g/mol. The van der Waals surface area contributed by atoms with Gasteiger partial charge in [0.15, 0.2) is 0 Å². The summed E-state index contributed by atoms with van der Waals surface area (Å²) in [5.74, 6) is 0.928. The number of methoxy groups -OCH3 is 1. The summed E-state index contributed by atoms with van der Waals surface area (Å²) in [4.78, 5) is 8.04. The van der Waals surface area contributed by atoms with Crippen molar-refractivity contribution in [3.05, 3.63) is 21.7 Å². The maximum absolute atomic E-state index is 5.82. The third-order valence-corrected chi connectivity index (χ3v) is 4.49. The molecule has 0 aliphatic heterocycles. The topological polar surface area (TPSA) is 37.9 Å². The van der Waals surface area contributed by atoms with E-state index in [-0.39, 0.29) is 5.60 Å². The Morgan fingerprint density at radius 1 is 1.33 bits per heavy atom. The predicted octanol–water partition coefficient (Wildman–Crippen LogP) is 3.82. The number of nitrogens with one attached hydrogen (secondary N) is 1. The highest BCUT2D eigenvalue weighted by atomic mass is 32.1. The Morgan fingerprint density at radius 2 is 2.00 bits per heavy atom. The summed E-state index contributed by atoms with van der Waals surface area (Å²) in [6, 6.07) is 0. The molecule has 1 aromatic rings. The minimum atomic E-state index is -0.247. The maximum Gasteiger partial charge on any atom is 0.140 e. The number of nitrogens with zero attached hydrogens (tertiary/aromatic N) is 1. The van der Waals surface area contributed by atoms with Gasteiger partial charge in [-0.2, -0.15) is 0 Å². The van der Waals surface area contributed by atoms with Crippen molar-refractivity contribution >= 4 is 12.2 Å². The van der Waals surface area contributed by atoms with Crippen molar-refractivity contribution in [2.24, 2.45) is 0 Å². The van der Waals surface area contributed by atoms with Crippen LogP contribution in [0.4, 0.5) is 0 Å². The Hall–Kier alpha value is -0.740. The molecular weight excluding hydrogens is 244 g/mol. The number of H-pyrrole nitrogens is 1. The van der Waals surface area contributed by atoms with E-state index >= 15 is 0 Å². The summed E-state index contributed by atoms with van der Waals surface area (Å²) in [5, 5.41) is 0. The van der Waals surface area contributed by atoms with Gasteiger partial charge in [0, 0.05) is 18.4 Å². The van der Waals surface area contributed by atoms with E-state index < -0.39 is 0 Å². The molecule has 1 fully saturated rings. The van der Waals surface area contributed by atoms with Crippen molar-refractivity contribution in [2.75, 3.05) is 7.11 Å². The first-order chi connectivity index (χ1) is 8.63. The maximum atomic E-state index is 5.82. The first-order valence-corrected chi connectivity index (χ1v) is 7.19. The standard InChI is InChI=1S/C14H22N2OS/c1-4-11-10(2)12(18)16-13(15-11)14(17-3)8-6-5-7-9-14/h4-9H2,1-3H3,(H,15,16,18).